The van der Waals surface area contributed by atoms with Crippen molar-refractivity contribution < 1.29 is 36.3 Å². The van der Waals surface area contributed by atoms with E-state index in [0.29, 0.717) is 19.3 Å². The number of anilines is 2. The summed E-state index contributed by atoms with van der Waals surface area (Å²) in [6.07, 6.45) is -1.23. The third kappa shape index (κ3) is 6.04. The molecule has 2 unspecified atom stereocenters. The molecule has 44 heavy (non-hydrogen) atoms. The molecule has 3 heterocycles. The van der Waals surface area contributed by atoms with Crippen molar-refractivity contribution in [3.63, 3.8) is 0 Å². The predicted octanol–water partition coefficient (Wildman–Crippen LogP) is 5.23. The largest absolute Gasteiger partial charge is 0.443 e. The van der Waals surface area contributed by atoms with E-state index in [4.69, 9.17) is 4.74 Å². The number of aromatic nitrogens is 1. The molecular formula is C30H34F5N5O4. The normalized spacial score (nSPS) is 22.0. The molecule has 1 aromatic carbocycles. The first-order valence-corrected chi connectivity index (χ1v) is 14.4. The van der Waals surface area contributed by atoms with Crippen molar-refractivity contribution in [1.29, 1.82) is 0 Å². The molecule has 1 aliphatic carbocycles. The van der Waals surface area contributed by atoms with E-state index in [-0.39, 0.29) is 42.5 Å². The van der Waals surface area contributed by atoms with Crippen molar-refractivity contribution in [1.82, 2.24) is 14.8 Å². The number of piperazine rings is 1. The fourth-order valence-electron chi connectivity index (χ4n) is 5.87. The molecule has 2 fully saturated rings. The first-order chi connectivity index (χ1) is 20.6. The van der Waals surface area contributed by atoms with Crippen LogP contribution in [0.15, 0.2) is 29.2 Å². The minimum atomic E-state index is -5.05. The molecule has 1 saturated carbocycles. The highest BCUT2D eigenvalue weighted by molar-refractivity contribution is 6.07. The molecule has 1 saturated heterocycles. The van der Waals surface area contributed by atoms with Crippen LogP contribution in [-0.4, -0.2) is 77.7 Å². The van der Waals surface area contributed by atoms with E-state index in [1.54, 1.807) is 4.90 Å². The smallest absolute Gasteiger partial charge is 0.417 e. The van der Waals surface area contributed by atoms with Crippen molar-refractivity contribution in [2.24, 2.45) is 0 Å². The van der Waals surface area contributed by atoms with Crippen LogP contribution in [0.3, 0.4) is 0 Å². The summed E-state index contributed by atoms with van der Waals surface area (Å²) in [6.45, 7) is 6.14. The molecule has 2 amide bonds. The van der Waals surface area contributed by atoms with Gasteiger partial charge in [-0.3, -0.25) is 14.5 Å². The summed E-state index contributed by atoms with van der Waals surface area (Å²) in [6, 6.07) is 1.18. The Balaban J connectivity index is 1.53. The number of hydrogen-bond acceptors (Lipinski definition) is 6. The number of alkyl halides is 3. The van der Waals surface area contributed by atoms with Gasteiger partial charge in [0, 0.05) is 56.6 Å². The van der Waals surface area contributed by atoms with Crippen LogP contribution in [0.25, 0.3) is 5.57 Å². The number of nitrogens with zero attached hydrogens (tertiary/aromatic N) is 3. The molecule has 1 aromatic heterocycles. The number of ether oxygens (including phenoxy) is 1. The number of likely N-dealkylation sites (N-methyl/N-ethyl adjacent to an activating group) is 1. The molecule has 0 radical (unpaired) electrons. The van der Waals surface area contributed by atoms with Crippen molar-refractivity contribution in [2.75, 3.05) is 43.4 Å². The van der Waals surface area contributed by atoms with Gasteiger partial charge >= 0.3 is 12.3 Å². The quantitative estimate of drug-likeness (QED) is 0.443. The van der Waals surface area contributed by atoms with Gasteiger partial charge in [0.15, 0.2) is 5.82 Å². The van der Waals surface area contributed by atoms with Gasteiger partial charge in [-0.2, -0.15) is 13.2 Å². The van der Waals surface area contributed by atoms with Gasteiger partial charge in [0.25, 0.3) is 5.91 Å². The fraction of sp³-hybridized carbons (Fsp3) is 0.500. The van der Waals surface area contributed by atoms with Crippen LogP contribution < -0.4 is 15.8 Å². The number of rotatable bonds is 5. The highest BCUT2D eigenvalue weighted by atomic mass is 19.4. The molecule has 238 valence electrons. The van der Waals surface area contributed by atoms with E-state index in [1.165, 1.54) is 11.0 Å². The van der Waals surface area contributed by atoms with Crippen LogP contribution in [-0.2, 0) is 10.9 Å². The van der Waals surface area contributed by atoms with Gasteiger partial charge in [-0.25, -0.2) is 13.6 Å². The summed E-state index contributed by atoms with van der Waals surface area (Å²) < 4.78 is 79.0. The molecular weight excluding hydrogens is 589 g/mol. The summed E-state index contributed by atoms with van der Waals surface area (Å²) in [5.41, 5.74) is -5.05. The number of halogens is 5. The van der Waals surface area contributed by atoms with E-state index in [1.807, 2.05) is 32.8 Å². The third-order valence-corrected chi connectivity index (χ3v) is 8.85. The van der Waals surface area contributed by atoms with Gasteiger partial charge in [0.2, 0.25) is 5.56 Å². The molecule has 5 rings (SSSR count). The van der Waals surface area contributed by atoms with Crippen LogP contribution in [0, 0.1) is 11.6 Å². The Morgan fingerprint density at radius 3 is 2.36 bits per heavy atom. The SMILES string of the molecule is CC1CN(c2cc(F)c(C3=CCN(C(=O)OC4(C)CCC4)C3)c(F)c2NC(=O)c2c[nH]c(=O)cc2C(F)(F)F)CC(C)N1C. The maximum atomic E-state index is 16.5. The van der Waals surface area contributed by atoms with Crippen LogP contribution in [0.2, 0.25) is 0 Å². The Bertz CT molecular complexity index is 1560. The number of carbonyl (C=O) groups excluding carboxylic acids is 2. The van der Waals surface area contributed by atoms with Crippen molar-refractivity contribution in [3.05, 3.63) is 63.1 Å². The Kier molecular flexibility index (Phi) is 8.25. The zero-order valence-corrected chi connectivity index (χ0v) is 24.8. The molecule has 0 bridgehead atoms. The first kappa shape index (κ1) is 31.5. The third-order valence-electron chi connectivity index (χ3n) is 8.85. The molecule has 2 aromatic rings. The van der Waals surface area contributed by atoms with Gasteiger partial charge in [0.1, 0.15) is 17.1 Å². The van der Waals surface area contributed by atoms with Crippen molar-refractivity contribution in [3.8, 4) is 0 Å². The number of amides is 2. The van der Waals surface area contributed by atoms with E-state index in [2.05, 4.69) is 10.2 Å². The number of benzene rings is 1. The summed E-state index contributed by atoms with van der Waals surface area (Å²) >= 11 is 0. The Hall–Kier alpha value is -3.94. The standard InChI is InChI=1S/C30H34F5N5O4/c1-16-13-40(14-17(2)38(16)4)22-11-21(31)24(18-6-9-39(15-18)28(43)44-29(3)7-5-8-29)25(32)26(22)37-27(42)19-12-36-23(41)10-20(19)30(33,34)35/h6,10-12,16-17H,5,7-9,13-15H2,1-4H3,(H,36,41)(H,37,42). The molecule has 9 nitrogen and oxygen atoms in total. The monoisotopic (exact) mass is 623 g/mol. The summed E-state index contributed by atoms with van der Waals surface area (Å²) in [5, 5.41) is 2.25. The molecule has 2 N–H and O–H groups in total. The van der Waals surface area contributed by atoms with E-state index in [0.717, 1.165) is 25.3 Å². The fourth-order valence-corrected chi connectivity index (χ4v) is 5.87. The van der Waals surface area contributed by atoms with Gasteiger partial charge < -0.3 is 24.8 Å². The minimum absolute atomic E-state index is 0.0341. The number of aromatic amines is 1. The lowest BCUT2D eigenvalue weighted by molar-refractivity contribution is -0.138. The molecule has 2 aliphatic heterocycles. The molecule has 0 spiro atoms. The molecule has 2 atom stereocenters. The zero-order valence-electron chi connectivity index (χ0n) is 24.8. The van der Waals surface area contributed by atoms with Gasteiger partial charge in [-0.1, -0.05) is 6.08 Å². The van der Waals surface area contributed by atoms with Gasteiger partial charge in [0.05, 0.1) is 22.4 Å². The average molecular weight is 624 g/mol. The Morgan fingerprint density at radius 1 is 1.11 bits per heavy atom. The second kappa shape index (κ2) is 11.5. The highest BCUT2D eigenvalue weighted by Crippen LogP contribution is 2.40. The number of hydrogen-bond donors (Lipinski definition) is 2. The van der Waals surface area contributed by atoms with Crippen molar-refractivity contribution >= 4 is 28.9 Å². The van der Waals surface area contributed by atoms with E-state index in [9.17, 15) is 27.6 Å². The number of pyridine rings is 1. The summed E-state index contributed by atoms with van der Waals surface area (Å²) in [7, 11) is 1.91. The lowest BCUT2D eigenvalue weighted by Crippen LogP contribution is -2.55. The lowest BCUT2D eigenvalue weighted by Gasteiger charge is -2.44. The van der Waals surface area contributed by atoms with Crippen LogP contribution in [0.4, 0.5) is 38.1 Å². The lowest BCUT2D eigenvalue weighted by atomic mass is 9.82. The van der Waals surface area contributed by atoms with Crippen molar-refractivity contribution in [2.45, 2.75) is 63.9 Å². The maximum absolute atomic E-state index is 16.5. The highest BCUT2D eigenvalue weighted by Gasteiger charge is 2.39. The van der Waals surface area contributed by atoms with Gasteiger partial charge in [-0.05, 0) is 52.7 Å². The number of H-pyrrole nitrogens is 1. The second-order valence-electron chi connectivity index (χ2n) is 12.1. The van der Waals surface area contributed by atoms with Gasteiger partial charge in [-0.15, -0.1) is 0 Å². The molecule has 3 aliphatic rings. The summed E-state index contributed by atoms with van der Waals surface area (Å²) in [5.74, 6) is -3.50. The minimum Gasteiger partial charge on any atom is -0.443 e. The predicted molar refractivity (Wildman–Crippen MR) is 154 cm³/mol. The van der Waals surface area contributed by atoms with Crippen LogP contribution in [0.5, 0.6) is 0 Å². The maximum Gasteiger partial charge on any atom is 0.417 e. The zero-order chi connectivity index (χ0) is 32.1. The Labute approximate surface area is 250 Å². The summed E-state index contributed by atoms with van der Waals surface area (Å²) in [4.78, 5) is 44.8. The molecule has 14 heteroatoms. The second-order valence-corrected chi connectivity index (χ2v) is 12.1. The van der Waals surface area contributed by atoms with E-state index >= 15 is 8.78 Å². The average Bonchev–Trinajstić information content (AvgIpc) is 3.41. The Morgan fingerprint density at radius 2 is 1.77 bits per heavy atom. The van der Waals surface area contributed by atoms with E-state index < -0.39 is 63.3 Å². The number of carbonyl (C=O) groups is 2. The topological polar surface area (TPSA) is 98.0 Å². The van der Waals surface area contributed by atoms with Crippen LogP contribution >= 0.6 is 0 Å². The first-order valence-electron chi connectivity index (χ1n) is 14.4. The van der Waals surface area contributed by atoms with Crippen LogP contribution in [0.1, 0.15) is 61.5 Å². The number of nitrogens with one attached hydrogen (secondary N) is 2.